The van der Waals surface area contributed by atoms with Crippen LogP contribution in [0.1, 0.15) is 13.3 Å². The fourth-order valence-corrected chi connectivity index (χ4v) is 1.61. The van der Waals surface area contributed by atoms with Gasteiger partial charge >= 0.3 is 6.03 Å². The second kappa shape index (κ2) is 6.67. The van der Waals surface area contributed by atoms with Crippen LogP contribution in [0.2, 0.25) is 0 Å². The summed E-state index contributed by atoms with van der Waals surface area (Å²) >= 11 is 0. The first-order chi connectivity index (χ1) is 7.04. The molecule has 0 saturated carbocycles. The van der Waals surface area contributed by atoms with Gasteiger partial charge in [-0.25, -0.2) is 4.79 Å². The van der Waals surface area contributed by atoms with Gasteiger partial charge in [0.1, 0.15) is 0 Å². The predicted octanol–water partition coefficient (Wildman–Crippen LogP) is -0.715. The molecule has 1 aliphatic rings. The number of imide groups is 1. The lowest BCUT2D eigenvalue weighted by Gasteiger charge is -2.22. The van der Waals surface area contributed by atoms with Crippen LogP contribution in [0.3, 0.4) is 0 Å². The number of nitrogens with two attached hydrogens (primary N) is 1. The van der Waals surface area contributed by atoms with Gasteiger partial charge in [-0.15, -0.1) is 12.4 Å². The van der Waals surface area contributed by atoms with Crippen molar-refractivity contribution < 1.29 is 9.59 Å². The van der Waals surface area contributed by atoms with Crippen LogP contribution in [0, 0.1) is 0 Å². The van der Waals surface area contributed by atoms with Crippen molar-refractivity contribution in [3.63, 3.8) is 0 Å². The van der Waals surface area contributed by atoms with Crippen molar-refractivity contribution in [2.75, 3.05) is 20.1 Å². The number of nitrogens with one attached hydrogen (secondary N) is 2. The Morgan fingerprint density at radius 2 is 2.12 bits per heavy atom. The van der Waals surface area contributed by atoms with E-state index in [1.165, 1.54) is 7.05 Å². The number of nitrogens with zero attached hydrogens (tertiary/aromatic N) is 1. The van der Waals surface area contributed by atoms with Gasteiger partial charge in [0.2, 0.25) is 5.91 Å². The summed E-state index contributed by atoms with van der Waals surface area (Å²) in [6, 6.07) is -0.647. The molecule has 1 heterocycles. The molecule has 0 aromatic heterocycles. The fraction of sp³-hybridized carbons (Fsp3) is 0.778. The maximum Gasteiger partial charge on any atom is 0.321 e. The largest absolute Gasteiger partial charge is 0.341 e. The van der Waals surface area contributed by atoms with Gasteiger partial charge in [-0.05, 0) is 13.3 Å². The Morgan fingerprint density at radius 3 is 2.56 bits per heavy atom. The van der Waals surface area contributed by atoms with Crippen molar-refractivity contribution >= 4 is 24.3 Å². The van der Waals surface area contributed by atoms with E-state index in [4.69, 9.17) is 5.73 Å². The van der Waals surface area contributed by atoms with Crippen LogP contribution in [-0.2, 0) is 4.79 Å². The van der Waals surface area contributed by atoms with Crippen molar-refractivity contribution in [3.05, 3.63) is 0 Å². The van der Waals surface area contributed by atoms with Gasteiger partial charge in [0.15, 0.2) is 0 Å². The lowest BCUT2D eigenvalue weighted by Crippen LogP contribution is -2.48. The molecular formula is C9H19ClN4O2. The molecule has 2 unspecified atom stereocenters. The molecule has 4 N–H and O–H groups in total. The van der Waals surface area contributed by atoms with E-state index in [1.54, 1.807) is 6.92 Å². The molecule has 0 spiro atoms. The first kappa shape index (κ1) is 15.2. The van der Waals surface area contributed by atoms with E-state index < -0.39 is 6.03 Å². The van der Waals surface area contributed by atoms with Gasteiger partial charge in [-0.1, -0.05) is 0 Å². The number of likely N-dealkylation sites (tertiary alicyclic amines) is 1. The molecular weight excluding hydrogens is 232 g/mol. The van der Waals surface area contributed by atoms with Crippen molar-refractivity contribution in [2.45, 2.75) is 25.4 Å². The Hall–Kier alpha value is -0.850. The zero-order chi connectivity index (χ0) is 11.4. The number of amides is 3. The number of carbonyl (C=O) groups is 2. The van der Waals surface area contributed by atoms with Crippen molar-refractivity contribution in [2.24, 2.45) is 5.73 Å². The molecule has 2 atom stereocenters. The zero-order valence-electron chi connectivity index (χ0n) is 9.53. The molecule has 16 heavy (non-hydrogen) atoms. The average Bonchev–Trinajstić information content (AvgIpc) is 2.63. The maximum atomic E-state index is 11.6. The molecule has 7 heteroatoms. The third kappa shape index (κ3) is 3.96. The van der Waals surface area contributed by atoms with E-state index in [2.05, 4.69) is 10.6 Å². The molecule has 94 valence electrons. The Bertz CT molecular complexity index is 262. The van der Waals surface area contributed by atoms with Gasteiger partial charge in [-0.3, -0.25) is 15.0 Å². The van der Waals surface area contributed by atoms with Crippen LogP contribution in [0.15, 0.2) is 0 Å². The molecule has 1 rings (SSSR count). The highest BCUT2D eigenvalue weighted by Gasteiger charge is 2.28. The number of rotatable bonds is 2. The van der Waals surface area contributed by atoms with E-state index >= 15 is 0 Å². The smallest absolute Gasteiger partial charge is 0.321 e. The minimum Gasteiger partial charge on any atom is -0.341 e. The molecule has 0 bridgehead atoms. The van der Waals surface area contributed by atoms with Crippen LogP contribution >= 0.6 is 12.4 Å². The van der Waals surface area contributed by atoms with E-state index in [0.717, 1.165) is 13.0 Å². The Labute approximate surface area is 101 Å². The highest BCUT2D eigenvalue weighted by molar-refractivity contribution is 5.96. The first-order valence-corrected chi connectivity index (χ1v) is 5.06. The number of hydrogen-bond acceptors (Lipinski definition) is 4. The van der Waals surface area contributed by atoms with Crippen LogP contribution < -0.4 is 16.4 Å². The SMILES string of the molecule is CNC(=O)NC(=O)C(C)N1CCC(N)C1.Cl. The van der Waals surface area contributed by atoms with Gasteiger partial charge in [0.25, 0.3) is 0 Å². The summed E-state index contributed by atoms with van der Waals surface area (Å²) in [6.45, 7) is 3.29. The van der Waals surface area contributed by atoms with E-state index in [9.17, 15) is 9.59 Å². The van der Waals surface area contributed by atoms with Gasteiger partial charge in [0, 0.05) is 26.2 Å². The molecule has 1 saturated heterocycles. The van der Waals surface area contributed by atoms with Crippen molar-refractivity contribution in [1.29, 1.82) is 0 Å². The average molecular weight is 251 g/mol. The predicted molar refractivity (Wildman–Crippen MR) is 63.5 cm³/mol. The van der Waals surface area contributed by atoms with Crippen LogP contribution in [0.5, 0.6) is 0 Å². The summed E-state index contributed by atoms with van der Waals surface area (Å²) < 4.78 is 0. The summed E-state index contributed by atoms with van der Waals surface area (Å²) in [5.74, 6) is -0.288. The highest BCUT2D eigenvalue weighted by Crippen LogP contribution is 2.10. The highest BCUT2D eigenvalue weighted by atomic mass is 35.5. The number of halogens is 1. The number of urea groups is 1. The molecule has 0 aromatic carbocycles. The molecule has 3 amide bonds. The van der Waals surface area contributed by atoms with Gasteiger partial charge in [0.05, 0.1) is 6.04 Å². The maximum absolute atomic E-state index is 11.6. The monoisotopic (exact) mass is 250 g/mol. The topological polar surface area (TPSA) is 87.5 Å². The summed E-state index contributed by atoms with van der Waals surface area (Å²) in [5.41, 5.74) is 5.74. The summed E-state index contributed by atoms with van der Waals surface area (Å²) in [5, 5.41) is 4.59. The third-order valence-corrected chi connectivity index (χ3v) is 2.65. The molecule has 0 aromatic rings. The standard InChI is InChI=1S/C9H18N4O2.ClH/c1-6(8(14)12-9(15)11-2)13-4-3-7(10)5-13;/h6-7H,3-5,10H2,1-2H3,(H2,11,12,14,15);1H. The van der Waals surface area contributed by atoms with E-state index in [-0.39, 0.29) is 30.4 Å². The summed E-state index contributed by atoms with van der Waals surface area (Å²) in [4.78, 5) is 24.4. The summed E-state index contributed by atoms with van der Waals surface area (Å²) in [7, 11) is 1.47. The normalized spacial score (nSPS) is 22.1. The molecule has 0 radical (unpaired) electrons. The molecule has 1 fully saturated rings. The van der Waals surface area contributed by atoms with E-state index in [0.29, 0.717) is 6.54 Å². The molecule has 1 aliphatic heterocycles. The van der Waals surface area contributed by atoms with Crippen LogP contribution in [0.25, 0.3) is 0 Å². The third-order valence-electron chi connectivity index (χ3n) is 2.65. The lowest BCUT2D eigenvalue weighted by molar-refractivity contribution is -0.124. The minimum atomic E-state index is -0.477. The van der Waals surface area contributed by atoms with E-state index in [1.807, 2.05) is 4.90 Å². The quantitative estimate of drug-likeness (QED) is 0.604. The fourth-order valence-electron chi connectivity index (χ4n) is 1.61. The minimum absolute atomic E-state index is 0. The lowest BCUT2D eigenvalue weighted by atomic mass is 10.3. The second-order valence-electron chi connectivity index (χ2n) is 3.79. The summed E-state index contributed by atoms with van der Waals surface area (Å²) in [6.07, 6.45) is 0.900. The van der Waals surface area contributed by atoms with Crippen molar-refractivity contribution in [1.82, 2.24) is 15.5 Å². The van der Waals surface area contributed by atoms with Crippen LogP contribution in [-0.4, -0.2) is 49.1 Å². The Balaban J connectivity index is 0.00000225. The number of hydrogen-bond donors (Lipinski definition) is 3. The van der Waals surface area contributed by atoms with Crippen LogP contribution in [0.4, 0.5) is 4.79 Å². The first-order valence-electron chi connectivity index (χ1n) is 5.06. The zero-order valence-corrected chi connectivity index (χ0v) is 10.3. The Morgan fingerprint density at radius 1 is 1.50 bits per heavy atom. The van der Waals surface area contributed by atoms with Gasteiger partial charge in [-0.2, -0.15) is 0 Å². The van der Waals surface area contributed by atoms with Gasteiger partial charge < -0.3 is 11.1 Å². The second-order valence-corrected chi connectivity index (χ2v) is 3.79. The number of carbonyl (C=O) groups excluding carboxylic acids is 2. The Kier molecular flexibility index (Phi) is 6.32. The molecule has 6 nitrogen and oxygen atoms in total. The molecule has 0 aliphatic carbocycles. The van der Waals surface area contributed by atoms with Crippen molar-refractivity contribution in [3.8, 4) is 0 Å².